The number of piperidine rings is 1. The second kappa shape index (κ2) is 6.78. The van der Waals surface area contributed by atoms with Gasteiger partial charge in [0, 0.05) is 25.1 Å². The average Bonchev–Trinajstić information content (AvgIpc) is 3.12. The first-order valence-electron chi connectivity index (χ1n) is 8.73. The summed E-state index contributed by atoms with van der Waals surface area (Å²) in [4.78, 5) is 22.5. The monoisotopic (exact) mass is 353 g/mol. The number of nitrogens with zero attached hydrogens (tertiary/aromatic N) is 2. The Balaban J connectivity index is 1.55. The Kier molecular flexibility index (Phi) is 4.32. The van der Waals surface area contributed by atoms with Gasteiger partial charge in [-0.15, -0.1) is 0 Å². The molecule has 4 rings (SSSR count). The van der Waals surface area contributed by atoms with E-state index < -0.39 is 5.82 Å². The Bertz CT molecular complexity index is 920. The van der Waals surface area contributed by atoms with Crippen molar-refractivity contribution in [2.24, 2.45) is 0 Å². The number of halogens is 1. The van der Waals surface area contributed by atoms with Gasteiger partial charge >= 0.3 is 0 Å². The van der Waals surface area contributed by atoms with Crippen LogP contribution in [0.1, 0.15) is 34.9 Å². The van der Waals surface area contributed by atoms with E-state index in [0.717, 1.165) is 29.7 Å². The van der Waals surface area contributed by atoms with Crippen molar-refractivity contribution >= 4 is 16.9 Å². The van der Waals surface area contributed by atoms with Crippen LogP contribution in [0.5, 0.6) is 5.75 Å². The van der Waals surface area contributed by atoms with E-state index in [2.05, 4.69) is 9.97 Å². The van der Waals surface area contributed by atoms with Gasteiger partial charge in [0.2, 0.25) is 0 Å². The molecule has 1 fully saturated rings. The highest BCUT2D eigenvalue weighted by Crippen LogP contribution is 2.28. The molecule has 134 valence electrons. The summed E-state index contributed by atoms with van der Waals surface area (Å²) in [5.41, 5.74) is 2.00. The molecule has 1 aromatic heterocycles. The zero-order chi connectivity index (χ0) is 18.1. The van der Waals surface area contributed by atoms with Crippen LogP contribution in [-0.2, 0) is 0 Å². The van der Waals surface area contributed by atoms with Crippen molar-refractivity contribution in [3.63, 3.8) is 0 Å². The second-order valence-electron chi connectivity index (χ2n) is 6.58. The molecule has 1 amide bonds. The molecule has 1 aliphatic heterocycles. The number of H-pyrrole nitrogens is 1. The standard InChI is InChI=1S/C20H20FN3O2/c1-26-14-8-9-15(16(21)11-14)20(25)24-10-4-5-13(12-24)19-22-17-6-2-3-7-18(17)23-19/h2-3,6-9,11,13H,4-5,10,12H2,1H3,(H,22,23). The molecule has 0 saturated carbocycles. The van der Waals surface area contributed by atoms with Gasteiger partial charge in [-0.1, -0.05) is 12.1 Å². The van der Waals surface area contributed by atoms with E-state index in [1.165, 1.54) is 19.2 Å². The van der Waals surface area contributed by atoms with Gasteiger partial charge in [0.1, 0.15) is 17.4 Å². The van der Waals surface area contributed by atoms with E-state index >= 15 is 0 Å². The number of hydrogen-bond donors (Lipinski definition) is 1. The fourth-order valence-corrected chi connectivity index (χ4v) is 3.52. The molecule has 1 saturated heterocycles. The number of nitrogens with one attached hydrogen (secondary N) is 1. The number of aromatic nitrogens is 2. The van der Waals surface area contributed by atoms with Gasteiger partial charge < -0.3 is 14.6 Å². The molecule has 0 spiro atoms. The van der Waals surface area contributed by atoms with E-state index in [1.54, 1.807) is 11.0 Å². The van der Waals surface area contributed by atoms with Crippen LogP contribution in [0.3, 0.4) is 0 Å². The average molecular weight is 353 g/mol. The molecule has 1 N–H and O–H groups in total. The molecule has 1 aliphatic rings. The Hall–Kier alpha value is -2.89. The number of ether oxygens (including phenoxy) is 1. The van der Waals surface area contributed by atoms with Crippen molar-refractivity contribution in [1.29, 1.82) is 0 Å². The number of imidazole rings is 1. The minimum atomic E-state index is -0.555. The number of aromatic amines is 1. The number of hydrogen-bond acceptors (Lipinski definition) is 3. The lowest BCUT2D eigenvalue weighted by Crippen LogP contribution is -2.39. The van der Waals surface area contributed by atoms with Crippen LogP contribution in [0.25, 0.3) is 11.0 Å². The highest BCUT2D eigenvalue weighted by atomic mass is 19.1. The third-order valence-corrected chi connectivity index (χ3v) is 4.91. The molecule has 26 heavy (non-hydrogen) atoms. The lowest BCUT2D eigenvalue weighted by atomic mass is 9.96. The molecule has 0 aliphatic carbocycles. The fourth-order valence-electron chi connectivity index (χ4n) is 3.52. The molecule has 2 aromatic carbocycles. The van der Waals surface area contributed by atoms with E-state index in [1.807, 2.05) is 24.3 Å². The maximum Gasteiger partial charge on any atom is 0.256 e. The summed E-state index contributed by atoms with van der Waals surface area (Å²) < 4.78 is 19.3. The second-order valence-corrected chi connectivity index (χ2v) is 6.58. The van der Waals surface area contributed by atoms with Crippen molar-refractivity contribution in [2.45, 2.75) is 18.8 Å². The van der Waals surface area contributed by atoms with Crippen LogP contribution in [0.2, 0.25) is 0 Å². The normalized spacial score (nSPS) is 17.5. The number of carbonyl (C=O) groups excluding carboxylic acids is 1. The van der Waals surface area contributed by atoms with Gasteiger partial charge in [0.25, 0.3) is 5.91 Å². The van der Waals surface area contributed by atoms with E-state index in [9.17, 15) is 9.18 Å². The maximum absolute atomic E-state index is 14.3. The first-order chi connectivity index (χ1) is 12.7. The maximum atomic E-state index is 14.3. The molecule has 3 aromatic rings. The number of methoxy groups -OCH3 is 1. The lowest BCUT2D eigenvalue weighted by Gasteiger charge is -2.32. The van der Waals surface area contributed by atoms with Gasteiger partial charge in [0.05, 0.1) is 23.7 Å². The summed E-state index contributed by atoms with van der Waals surface area (Å²) in [5.74, 6) is 0.573. The summed E-state index contributed by atoms with van der Waals surface area (Å²) in [6, 6.07) is 12.2. The number of rotatable bonds is 3. The van der Waals surface area contributed by atoms with Crippen molar-refractivity contribution < 1.29 is 13.9 Å². The predicted molar refractivity (Wildman–Crippen MR) is 96.9 cm³/mol. The van der Waals surface area contributed by atoms with Crippen LogP contribution in [0.4, 0.5) is 4.39 Å². The molecule has 2 heterocycles. The zero-order valence-corrected chi connectivity index (χ0v) is 14.5. The van der Waals surface area contributed by atoms with Crippen LogP contribution in [0.15, 0.2) is 42.5 Å². The Labute approximate surface area is 150 Å². The highest BCUT2D eigenvalue weighted by molar-refractivity contribution is 5.94. The summed E-state index contributed by atoms with van der Waals surface area (Å²) in [6.45, 7) is 1.16. The number of amides is 1. The van der Waals surface area contributed by atoms with Crippen molar-refractivity contribution in [3.8, 4) is 5.75 Å². The molecule has 0 radical (unpaired) electrons. The van der Waals surface area contributed by atoms with Crippen LogP contribution < -0.4 is 4.74 Å². The van der Waals surface area contributed by atoms with Crippen molar-refractivity contribution in [1.82, 2.24) is 14.9 Å². The van der Waals surface area contributed by atoms with Gasteiger partial charge in [0.15, 0.2) is 0 Å². The largest absolute Gasteiger partial charge is 0.497 e. The summed E-state index contributed by atoms with van der Waals surface area (Å²) in [5, 5.41) is 0. The zero-order valence-electron chi connectivity index (χ0n) is 14.5. The third kappa shape index (κ3) is 3.03. The van der Waals surface area contributed by atoms with Gasteiger partial charge in [-0.3, -0.25) is 4.79 Å². The number of para-hydroxylation sites is 2. The SMILES string of the molecule is COc1ccc(C(=O)N2CCCC(c3nc4ccccc4[nH]3)C2)c(F)c1. The van der Waals surface area contributed by atoms with E-state index in [4.69, 9.17) is 4.74 Å². The Morgan fingerprint density at radius 3 is 2.92 bits per heavy atom. The first kappa shape index (κ1) is 16.6. The van der Waals surface area contributed by atoms with Crippen molar-refractivity contribution in [2.75, 3.05) is 20.2 Å². The van der Waals surface area contributed by atoms with Gasteiger partial charge in [-0.25, -0.2) is 9.37 Å². The molecule has 6 heteroatoms. The quantitative estimate of drug-likeness (QED) is 0.780. The van der Waals surface area contributed by atoms with Crippen LogP contribution >= 0.6 is 0 Å². The van der Waals surface area contributed by atoms with Gasteiger partial charge in [-0.05, 0) is 37.1 Å². The smallest absolute Gasteiger partial charge is 0.256 e. The molecular formula is C20H20FN3O2. The summed E-state index contributed by atoms with van der Waals surface area (Å²) in [7, 11) is 1.47. The number of carbonyl (C=O) groups is 1. The summed E-state index contributed by atoms with van der Waals surface area (Å²) in [6.07, 6.45) is 1.82. The summed E-state index contributed by atoms with van der Waals surface area (Å²) >= 11 is 0. The third-order valence-electron chi connectivity index (χ3n) is 4.91. The Morgan fingerprint density at radius 1 is 1.31 bits per heavy atom. The molecular weight excluding hydrogens is 333 g/mol. The van der Waals surface area contributed by atoms with Crippen molar-refractivity contribution in [3.05, 3.63) is 59.7 Å². The molecule has 5 nitrogen and oxygen atoms in total. The molecule has 0 bridgehead atoms. The van der Waals surface area contributed by atoms with Gasteiger partial charge in [-0.2, -0.15) is 0 Å². The highest BCUT2D eigenvalue weighted by Gasteiger charge is 2.28. The number of likely N-dealkylation sites (tertiary alicyclic amines) is 1. The fraction of sp³-hybridized carbons (Fsp3) is 0.300. The van der Waals surface area contributed by atoms with E-state index in [0.29, 0.717) is 18.8 Å². The predicted octanol–water partition coefficient (Wildman–Crippen LogP) is 3.73. The molecule has 1 atom stereocenters. The van der Waals surface area contributed by atoms with E-state index in [-0.39, 0.29) is 17.4 Å². The Morgan fingerprint density at radius 2 is 2.15 bits per heavy atom. The molecule has 1 unspecified atom stereocenters. The topological polar surface area (TPSA) is 58.2 Å². The minimum Gasteiger partial charge on any atom is -0.497 e. The van der Waals surface area contributed by atoms with Crippen LogP contribution in [-0.4, -0.2) is 41.0 Å². The first-order valence-corrected chi connectivity index (χ1v) is 8.73. The minimum absolute atomic E-state index is 0.0797. The number of benzene rings is 2. The lowest BCUT2D eigenvalue weighted by molar-refractivity contribution is 0.0700. The number of fused-ring (bicyclic) bond motifs is 1. The van der Waals surface area contributed by atoms with Crippen LogP contribution in [0, 0.1) is 5.82 Å².